The summed E-state index contributed by atoms with van der Waals surface area (Å²) in [6.07, 6.45) is 1.14. The van der Waals surface area contributed by atoms with Gasteiger partial charge in [-0.25, -0.2) is 0 Å². The van der Waals surface area contributed by atoms with E-state index in [0.717, 1.165) is 10.9 Å². The van der Waals surface area contributed by atoms with E-state index in [4.69, 9.17) is 0 Å². The van der Waals surface area contributed by atoms with Crippen molar-refractivity contribution in [3.63, 3.8) is 0 Å². The van der Waals surface area contributed by atoms with Crippen molar-refractivity contribution >= 4 is 15.9 Å². The Balaban J connectivity index is 2.21. The van der Waals surface area contributed by atoms with Crippen LogP contribution in [0.2, 0.25) is 0 Å². The Morgan fingerprint density at radius 2 is 1.40 bits per heavy atom. The van der Waals surface area contributed by atoms with E-state index >= 15 is 0 Å². The van der Waals surface area contributed by atoms with Gasteiger partial charge in [-0.05, 0) is 48.2 Å². The van der Waals surface area contributed by atoms with Crippen LogP contribution in [0.15, 0.2) is 53.0 Å². The van der Waals surface area contributed by atoms with Gasteiger partial charge in [-0.2, -0.15) is 0 Å². The molecule has 1 atom stereocenters. The maximum atomic E-state index is 3.48. The molecule has 0 bridgehead atoms. The zero-order valence-electron chi connectivity index (χ0n) is 12.4. The fourth-order valence-corrected chi connectivity index (χ4v) is 2.76. The lowest BCUT2D eigenvalue weighted by Gasteiger charge is -2.18. The standard InChI is InChI=1S/C18H22BrN/c1-13(2)12-14-4-6-15(7-5-14)18(20-3)16-8-10-17(19)11-9-16/h4-11,13,18,20H,12H2,1-3H3. The molecule has 1 N–H and O–H groups in total. The molecular formula is C18H22BrN. The zero-order chi connectivity index (χ0) is 14.5. The van der Waals surface area contributed by atoms with Gasteiger partial charge in [0.05, 0.1) is 6.04 Å². The van der Waals surface area contributed by atoms with Crippen LogP contribution in [0.1, 0.15) is 36.6 Å². The Hall–Kier alpha value is -1.12. The van der Waals surface area contributed by atoms with E-state index in [2.05, 4.69) is 83.6 Å². The molecule has 0 aliphatic heterocycles. The third kappa shape index (κ3) is 3.94. The SMILES string of the molecule is CNC(c1ccc(Br)cc1)c1ccc(CC(C)C)cc1. The van der Waals surface area contributed by atoms with Crippen LogP contribution < -0.4 is 5.32 Å². The monoisotopic (exact) mass is 331 g/mol. The molecule has 0 amide bonds. The molecule has 0 aliphatic rings. The fraction of sp³-hybridized carbons (Fsp3) is 0.333. The number of nitrogens with one attached hydrogen (secondary N) is 1. The minimum Gasteiger partial charge on any atom is -0.309 e. The maximum Gasteiger partial charge on any atom is 0.0574 e. The zero-order valence-corrected chi connectivity index (χ0v) is 13.9. The van der Waals surface area contributed by atoms with Gasteiger partial charge in [-0.3, -0.25) is 0 Å². The first-order valence-corrected chi connectivity index (χ1v) is 7.91. The van der Waals surface area contributed by atoms with Gasteiger partial charge in [0.1, 0.15) is 0 Å². The van der Waals surface area contributed by atoms with Crippen molar-refractivity contribution in [1.29, 1.82) is 0 Å². The van der Waals surface area contributed by atoms with E-state index < -0.39 is 0 Å². The molecule has 0 aliphatic carbocycles. The Labute approximate surface area is 130 Å². The van der Waals surface area contributed by atoms with Gasteiger partial charge in [-0.15, -0.1) is 0 Å². The Morgan fingerprint density at radius 3 is 1.85 bits per heavy atom. The summed E-state index contributed by atoms with van der Waals surface area (Å²) < 4.78 is 1.11. The minimum atomic E-state index is 0.246. The average Bonchev–Trinajstić information content (AvgIpc) is 2.43. The highest BCUT2D eigenvalue weighted by molar-refractivity contribution is 9.10. The highest BCUT2D eigenvalue weighted by atomic mass is 79.9. The van der Waals surface area contributed by atoms with Crippen molar-refractivity contribution in [2.24, 2.45) is 5.92 Å². The number of hydrogen-bond acceptors (Lipinski definition) is 1. The van der Waals surface area contributed by atoms with Gasteiger partial charge in [0, 0.05) is 4.47 Å². The molecule has 1 nitrogen and oxygen atoms in total. The Kier molecular flexibility index (Phi) is 5.38. The predicted octanol–water partition coefficient (Wildman–Crippen LogP) is 4.96. The van der Waals surface area contributed by atoms with Gasteiger partial charge < -0.3 is 5.32 Å². The molecule has 0 aromatic heterocycles. The third-order valence-corrected chi connectivity index (χ3v) is 3.98. The molecule has 2 aromatic rings. The summed E-state index contributed by atoms with van der Waals surface area (Å²) in [5.41, 5.74) is 4.00. The van der Waals surface area contributed by atoms with Crippen LogP contribution in [0.25, 0.3) is 0 Å². The van der Waals surface area contributed by atoms with Gasteiger partial charge in [0.15, 0.2) is 0 Å². The molecule has 0 saturated heterocycles. The van der Waals surface area contributed by atoms with Crippen molar-refractivity contribution in [1.82, 2.24) is 5.32 Å². The van der Waals surface area contributed by atoms with Gasteiger partial charge >= 0.3 is 0 Å². The van der Waals surface area contributed by atoms with Gasteiger partial charge in [-0.1, -0.05) is 66.2 Å². The van der Waals surface area contributed by atoms with E-state index in [1.807, 2.05) is 7.05 Å². The van der Waals surface area contributed by atoms with Crippen molar-refractivity contribution in [2.45, 2.75) is 26.3 Å². The summed E-state index contributed by atoms with van der Waals surface area (Å²) >= 11 is 3.48. The lowest BCUT2D eigenvalue weighted by atomic mass is 9.96. The summed E-state index contributed by atoms with van der Waals surface area (Å²) in [5, 5.41) is 3.40. The quantitative estimate of drug-likeness (QED) is 0.816. The molecule has 2 rings (SSSR count). The van der Waals surface area contributed by atoms with Crippen LogP contribution in [0, 0.1) is 5.92 Å². The smallest absolute Gasteiger partial charge is 0.0574 e. The second-order valence-electron chi connectivity index (χ2n) is 5.61. The number of rotatable bonds is 5. The van der Waals surface area contributed by atoms with Crippen LogP contribution in [-0.2, 0) is 6.42 Å². The lowest BCUT2D eigenvalue weighted by molar-refractivity contribution is 0.645. The molecule has 2 heteroatoms. The van der Waals surface area contributed by atoms with E-state index in [1.165, 1.54) is 16.7 Å². The predicted molar refractivity (Wildman–Crippen MR) is 90.0 cm³/mol. The summed E-state index contributed by atoms with van der Waals surface area (Å²) in [6.45, 7) is 4.51. The van der Waals surface area contributed by atoms with Gasteiger partial charge in [0.25, 0.3) is 0 Å². The summed E-state index contributed by atoms with van der Waals surface area (Å²) in [7, 11) is 2.01. The first-order chi connectivity index (χ1) is 9.60. The van der Waals surface area contributed by atoms with Crippen molar-refractivity contribution in [3.05, 3.63) is 69.7 Å². The van der Waals surface area contributed by atoms with E-state index in [1.54, 1.807) is 0 Å². The molecular weight excluding hydrogens is 310 g/mol. The molecule has 0 saturated carbocycles. The average molecular weight is 332 g/mol. The minimum absolute atomic E-state index is 0.246. The Bertz CT molecular complexity index is 528. The molecule has 2 aromatic carbocycles. The fourth-order valence-electron chi connectivity index (χ4n) is 2.50. The molecule has 0 spiro atoms. The molecule has 106 valence electrons. The number of halogens is 1. The van der Waals surface area contributed by atoms with Crippen LogP contribution in [0.3, 0.4) is 0 Å². The third-order valence-electron chi connectivity index (χ3n) is 3.45. The normalized spacial score (nSPS) is 12.7. The molecule has 0 fully saturated rings. The van der Waals surface area contributed by atoms with E-state index in [9.17, 15) is 0 Å². The highest BCUT2D eigenvalue weighted by Gasteiger charge is 2.11. The molecule has 1 unspecified atom stereocenters. The largest absolute Gasteiger partial charge is 0.309 e. The first-order valence-electron chi connectivity index (χ1n) is 7.11. The molecule has 20 heavy (non-hydrogen) atoms. The van der Waals surface area contributed by atoms with Crippen LogP contribution >= 0.6 is 15.9 Å². The highest BCUT2D eigenvalue weighted by Crippen LogP contribution is 2.24. The van der Waals surface area contributed by atoms with Crippen LogP contribution in [0.5, 0.6) is 0 Å². The lowest BCUT2D eigenvalue weighted by Crippen LogP contribution is -2.17. The number of hydrogen-bond donors (Lipinski definition) is 1. The van der Waals surface area contributed by atoms with Crippen molar-refractivity contribution in [3.8, 4) is 0 Å². The maximum absolute atomic E-state index is 3.48. The Morgan fingerprint density at radius 1 is 0.900 bits per heavy atom. The first kappa shape index (κ1) is 15.3. The topological polar surface area (TPSA) is 12.0 Å². The second-order valence-corrected chi connectivity index (χ2v) is 6.53. The summed E-state index contributed by atoms with van der Waals surface area (Å²) in [4.78, 5) is 0. The van der Waals surface area contributed by atoms with E-state index in [0.29, 0.717) is 5.92 Å². The van der Waals surface area contributed by atoms with Crippen LogP contribution in [0.4, 0.5) is 0 Å². The van der Waals surface area contributed by atoms with E-state index in [-0.39, 0.29) is 6.04 Å². The number of benzene rings is 2. The van der Waals surface area contributed by atoms with Crippen molar-refractivity contribution in [2.75, 3.05) is 7.05 Å². The van der Waals surface area contributed by atoms with Crippen LogP contribution in [-0.4, -0.2) is 7.05 Å². The molecule has 0 radical (unpaired) electrons. The summed E-state index contributed by atoms with van der Waals surface area (Å²) in [6, 6.07) is 17.7. The van der Waals surface area contributed by atoms with Gasteiger partial charge in [0.2, 0.25) is 0 Å². The second kappa shape index (κ2) is 7.05. The molecule has 0 heterocycles. The summed E-state index contributed by atoms with van der Waals surface area (Å²) in [5.74, 6) is 0.701. The van der Waals surface area contributed by atoms with Crippen molar-refractivity contribution < 1.29 is 0 Å².